The number of nitriles is 1. The number of hydrogen-bond acceptors (Lipinski definition) is 7. The molecule has 176 valence electrons. The van der Waals surface area contributed by atoms with Crippen LogP contribution in [-0.4, -0.2) is 35.0 Å². The number of carbonyl (C=O) groups is 2. The van der Waals surface area contributed by atoms with E-state index in [0.29, 0.717) is 30.5 Å². The Bertz CT molecular complexity index is 1010. The number of carbonyl (C=O) groups excluding carboxylic acids is 2. The van der Waals surface area contributed by atoms with Crippen LogP contribution in [0.3, 0.4) is 0 Å². The highest BCUT2D eigenvalue weighted by Crippen LogP contribution is 2.34. The second-order valence-corrected chi connectivity index (χ2v) is 8.24. The molecule has 0 bridgehead atoms. The minimum absolute atomic E-state index is 0.0540. The summed E-state index contributed by atoms with van der Waals surface area (Å²) in [4.78, 5) is 28.5. The predicted octanol–water partition coefficient (Wildman–Crippen LogP) is 2.93. The monoisotopic (exact) mass is 456 g/mol. The molecule has 1 aliphatic rings. The molecule has 1 aromatic carbocycles. The molecule has 3 N–H and O–H groups in total. The van der Waals surface area contributed by atoms with Crippen LogP contribution in [0.4, 0.5) is 10.1 Å². The molecule has 1 aliphatic carbocycles. The Kier molecular flexibility index (Phi) is 8.35. The van der Waals surface area contributed by atoms with Gasteiger partial charge in [0.15, 0.2) is 5.82 Å². The lowest BCUT2D eigenvalue weighted by atomic mass is 9.89. The highest BCUT2D eigenvalue weighted by Gasteiger charge is 2.38. The lowest BCUT2D eigenvalue weighted by molar-refractivity contribution is -0.122. The maximum absolute atomic E-state index is 13.6. The van der Waals surface area contributed by atoms with Crippen molar-refractivity contribution in [2.75, 3.05) is 18.4 Å². The van der Waals surface area contributed by atoms with Gasteiger partial charge in [0.1, 0.15) is 23.0 Å². The average Bonchev–Trinajstić information content (AvgIpc) is 3.15. The molecule has 0 radical (unpaired) electrons. The van der Waals surface area contributed by atoms with E-state index in [4.69, 9.17) is 9.78 Å². The first kappa shape index (κ1) is 24.2. The number of hydrogen-bond donors (Lipinski definition) is 3. The first-order valence-electron chi connectivity index (χ1n) is 11.2. The highest BCUT2D eigenvalue weighted by atomic mass is 19.1. The van der Waals surface area contributed by atoms with Crippen LogP contribution < -0.4 is 16.0 Å². The maximum Gasteiger partial charge on any atom is 0.227 e. The Labute approximate surface area is 192 Å². The molecule has 1 heterocycles. The van der Waals surface area contributed by atoms with Gasteiger partial charge in [0.2, 0.25) is 17.7 Å². The number of aromatic nitrogens is 2. The SMILES string of the molecule is CC(=O)NC1(c2noc(CCC(=O)NCCNc3cccc(F)c3C#N)n2)CCCCCC1. The molecule has 0 saturated heterocycles. The summed E-state index contributed by atoms with van der Waals surface area (Å²) in [7, 11) is 0. The zero-order chi connectivity index (χ0) is 23.7. The van der Waals surface area contributed by atoms with E-state index in [1.54, 1.807) is 6.07 Å². The quantitative estimate of drug-likeness (QED) is 0.390. The summed E-state index contributed by atoms with van der Waals surface area (Å²) in [5.74, 6) is -0.0819. The summed E-state index contributed by atoms with van der Waals surface area (Å²) >= 11 is 0. The van der Waals surface area contributed by atoms with Crippen LogP contribution in [0.1, 0.15) is 69.1 Å². The molecule has 0 aliphatic heterocycles. The van der Waals surface area contributed by atoms with Crippen molar-refractivity contribution in [3.63, 3.8) is 0 Å². The number of halogens is 1. The first-order valence-corrected chi connectivity index (χ1v) is 11.2. The fraction of sp³-hybridized carbons (Fsp3) is 0.522. The smallest absolute Gasteiger partial charge is 0.227 e. The van der Waals surface area contributed by atoms with E-state index in [9.17, 15) is 14.0 Å². The van der Waals surface area contributed by atoms with Crippen molar-refractivity contribution in [2.45, 2.75) is 63.8 Å². The van der Waals surface area contributed by atoms with Crippen molar-refractivity contribution < 1.29 is 18.5 Å². The maximum atomic E-state index is 13.6. The number of amides is 2. The lowest BCUT2D eigenvalue weighted by Crippen LogP contribution is -2.45. The van der Waals surface area contributed by atoms with Crippen LogP contribution >= 0.6 is 0 Å². The van der Waals surface area contributed by atoms with Crippen molar-refractivity contribution in [3.8, 4) is 6.07 Å². The van der Waals surface area contributed by atoms with Crippen molar-refractivity contribution >= 4 is 17.5 Å². The van der Waals surface area contributed by atoms with E-state index in [0.717, 1.165) is 38.5 Å². The van der Waals surface area contributed by atoms with Crippen molar-refractivity contribution in [2.24, 2.45) is 0 Å². The van der Waals surface area contributed by atoms with Gasteiger partial charge in [0.25, 0.3) is 0 Å². The Morgan fingerprint density at radius 3 is 2.67 bits per heavy atom. The first-order chi connectivity index (χ1) is 15.9. The van der Waals surface area contributed by atoms with Crippen LogP contribution in [0.25, 0.3) is 0 Å². The van der Waals surface area contributed by atoms with Gasteiger partial charge >= 0.3 is 0 Å². The largest absolute Gasteiger partial charge is 0.382 e. The summed E-state index contributed by atoms with van der Waals surface area (Å²) in [6.07, 6.45) is 6.15. The van der Waals surface area contributed by atoms with Crippen LogP contribution in [0.15, 0.2) is 22.7 Å². The highest BCUT2D eigenvalue weighted by molar-refractivity contribution is 5.76. The lowest BCUT2D eigenvalue weighted by Gasteiger charge is -2.30. The van der Waals surface area contributed by atoms with Crippen LogP contribution in [0.5, 0.6) is 0 Å². The molecule has 0 atom stereocenters. The molecular weight excluding hydrogens is 427 g/mol. The molecule has 2 amide bonds. The fourth-order valence-electron chi connectivity index (χ4n) is 4.12. The average molecular weight is 457 g/mol. The topological polar surface area (TPSA) is 133 Å². The minimum Gasteiger partial charge on any atom is -0.382 e. The summed E-state index contributed by atoms with van der Waals surface area (Å²) < 4.78 is 19.0. The zero-order valence-electron chi connectivity index (χ0n) is 18.7. The third kappa shape index (κ3) is 6.51. The van der Waals surface area contributed by atoms with E-state index in [2.05, 4.69) is 26.1 Å². The van der Waals surface area contributed by atoms with Crippen molar-refractivity contribution in [1.29, 1.82) is 5.26 Å². The van der Waals surface area contributed by atoms with Gasteiger partial charge in [-0.15, -0.1) is 0 Å². The number of benzene rings is 1. The summed E-state index contributed by atoms with van der Waals surface area (Å²) in [6, 6.07) is 6.17. The van der Waals surface area contributed by atoms with Gasteiger partial charge in [-0.3, -0.25) is 9.59 Å². The number of aryl methyl sites for hydroxylation is 1. The molecule has 3 rings (SSSR count). The van der Waals surface area contributed by atoms with Crippen LogP contribution in [0.2, 0.25) is 0 Å². The molecule has 1 saturated carbocycles. The molecule has 0 spiro atoms. The second kappa shape index (κ2) is 11.4. The third-order valence-electron chi connectivity index (χ3n) is 5.72. The Morgan fingerprint density at radius 2 is 1.97 bits per heavy atom. The molecule has 9 nitrogen and oxygen atoms in total. The van der Waals surface area contributed by atoms with E-state index in [1.165, 1.54) is 19.1 Å². The number of nitrogens with one attached hydrogen (secondary N) is 3. The zero-order valence-corrected chi connectivity index (χ0v) is 18.7. The Balaban J connectivity index is 1.48. The van der Waals surface area contributed by atoms with Gasteiger partial charge in [-0.2, -0.15) is 10.2 Å². The third-order valence-corrected chi connectivity index (χ3v) is 5.72. The minimum atomic E-state index is -0.614. The molecule has 33 heavy (non-hydrogen) atoms. The van der Waals surface area contributed by atoms with Gasteiger partial charge in [-0.1, -0.05) is 36.9 Å². The van der Waals surface area contributed by atoms with Gasteiger partial charge in [0, 0.05) is 32.9 Å². The molecule has 1 aromatic heterocycles. The standard InChI is InChI=1S/C23H29FN6O3/c1-16(31)29-23(11-4-2-3-5-12-23)22-28-21(33-30-22)10-9-20(32)27-14-13-26-19-8-6-7-18(24)17(19)15-25/h6-8,26H,2-5,9-14H2,1H3,(H,27,32)(H,29,31). The molecule has 2 aromatic rings. The van der Waals surface area contributed by atoms with Gasteiger partial charge < -0.3 is 20.5 Å². The number of anilines is 1. The Morgan fingerprint density at radius 1 is 1.21 bits per heavy atom. The normalized spacial score (nSPS) is 15.2. The predicted molar refractivity (Wildman–Crippen MR) is 118 cm³/mol. The number of rotatable bonds is 9. The molecule has 1 fully saturated rings. The van der Waals surface area contributed by atoms with E-state index in [-0.39, 0.29) is 30.2 Å². The molecular formula is C23H29FN6O3. The summed E-state index contributed by atoms with van der Waals surface area (Å²) in [6.45, 7) is 2.14. The fourth-order valence-corrected chi connectivity index (χ4v) is 4.12. The second-order valence-electron chi connectivity index (χ2n) is 8.24. The van der Waals surface area contributed by atoms with Crippen molar-refractivity contribution in [3.05, 3.63) is 41.3 Å². The van der Waals surface area contributed by atoms with E-state index in [1.807, 2.05) is 6.07 Å². The van der Waals surface area contributed by atoms with Gasteiger partial charge in [-0.25, -0.2) is 4.39 Å². The van der Waals surface area contributed by atoms with E-state index < -0.39 is 11.4 Å². The molecule has 0 unspecified atom stereocenters. The van der Waals surface area contributed by atoms with Gasteiger partial charge in [-0.05, 0) is 25.0 Å². The molecule has 10 heteroatoms. The summed E-state index contributed by atoms with van der Waals surface area (Å²) in [5.41, 5.74) is -0.282. The summed E-state index contributed by atoms with van der Waals surface area (Å²) in [5, 5.41) is 21.9. The van der Waals surface area contributed by atoms with Crippen LogP contribution in [-0.2, 0) is 21.5 Å². The Hall–Kier alpha value is -3.48. The number of nitrogens with zero attached hydrogens (tertiary/aromatic N) is 3. The van der Waals surface area contributed by atoms with E-state index >= 15 is 0 Å². The van der Waals surface area contributed by atoms with Crippen LogP contribution in [0, 0.1) is 17.1 Å². The van der Waals surface area contributed by atoms with Crippen molar-refractivity contribution in [1.82, 2.24) is 20.8 Å². The van der Waals surface area contributed by atoms with Gasteiger partial charge in [0.05, 0.1) is 5.69 Å².